The van der Waals surface area contributed by atoms with Gasteiger partial charge in [-0.25, -0.2) is 4.99 Å². The summed E-state index contributed by atoms with van der Waals surface area (Å²) >= 11 is 1.38. The van der Waals surface area contributed by atoms with E-state index in [4.69, 9.17) is 0 Å². The molecule has 0 aromatic heterocycles. The number of nitrogens with one attached hydrogen (secondary N) is 1. The molecule has 0 aliphatic carbocycles. The van der Waals surface area contributed by atoms with E-state index in [1.807, 2.05) is 61.5 Å². The van der Waals surface area contributed by atoms with Crippen molar-refractivity contribution in [2.24, 2.45) is 4.99 Å². The first-order valence-corrected chi connectivity index (χ1v) is 10.4. The van der Waals surface area contributed by atoms with Crippen LogP contribution in [0, 0.1) is 6.92 Å². The summed E-state index contributed by atoms with van der Waals surface area (Å²) in [5, 5.41) is 3.15. The minimum Gasteiger partial charge on any atom is -0.326 e. The fourth-order valence-electron chi connectivity index (χ4n) is 2.94. The Balaban J connectivity index is 1.73. The van der Waals surface area contributed by atoms with E-state index in [2.05, 4.69) is 17.2 Å². The lowest BCUT2D eigenvalue weighted by molar-refractivity contribution is -0.128. The van der Waals surface area contributed by atoms with Gasteiger partial charge in [-0.1, -0.05) is 61.5 Å². The van der Waals surface area contributed by atoms with Crippen LogP contribution >= 0.6 is 11.8 Å². The summed E-state index contributed by atoms with van der Waals surface area (Å²) in [6.07, 6.45) is 2.03. The summed E-state index contributed by atoms with van der Waals surface area (Å²) in [6, 6.07) is 17.2. The molecule has 1 N–H and O–H groups in total. The van der Waals surface area contributed by atoms with Gasteiger partial charge in [0.05, 0.1) is 5.69 Å². The van der Waals surface area contributed by atoms with Crippen LogP contribution in [-0.4, -0.2) is 33.7 Å². The Bertz CT molecular complexity index is 867. The maximum Gasteiger partial charge on any atom is 0.242 e. The molecule has 5 nitrogen and oxygen atoms in total. The molecule has 2 aromatic rings. The van der Waals surface area contributed by atoms with Crippen LogP contribution in [0.3, 0.4) is 0 Å². The van der Waals surface area contributed by atoms with Crippen molar-refractivity contribution in [3.63, 3.8) is 0 Å². The number of hydrogen-bond acceptors (Lipinski definition) is 4. The number of hydrogen-bond donors (Lipinski definition) is 1. The first-order chi connectivity index (χ1) is 13.6. The first kappa shape index (κ1) is 20.1. The van der Waals surface area contributed by atoms with Gasteiger partial charge in [0.1, 0.15) is 5.25 Å². The number of benzene rings is 2. The standard InChI is InChI=1S/C22H25N3O2S/c1-3-4-14-25-21(27)19(28-22(25)23-17-11-6-5-7-12-17)15-20(26)24-18-13-9-8-10-16(18)2/h5-13,19H,3-4,14-15H2,1-2H3,(H,24,26)/t19-/m0/s1. The lowest BCUT2D eigenvalue weighted by Crippen LogP contribution is -2.34. The molecule has 1 saturated heterocycles. The number of unbranched alkanes of at least 4 members (excludes halogenated alkanes) is 1. The van der Waals surface area contributed by atoms with E-state index in [9.17, 15) is 9.59 Å². The van der Waals surface area contributed by atoms with Gasteiger partial charge in [0.25, 0.3) is 0 Å². The number of para-hydroxylation sites is 2. The van der Waals surface area contributed by atoms with Crippen molar-refractivity contribution in [2.75, 3.05) is 11.9 Å². The lowest BCUT2D eigenvalue weighted by atomic mass is 10.2. The van der Waals surface area contributed by atoms with E-state index in [0.29, 0.717) is 11.7 Å². The number of carbonyl (C=O) groups is 2. The number of rotatable bonds is 7. The van der Waals surface area contributed by atoms with Gasteiger partial charge in [-0.3, -0.25) is 14.5 Å². The molecule has 2 aromatic carbocycles. The number of aryl methyl sites for hydroxylation is 1. The third kappa shape index (κ3) is 5.01. The molecule has 1 fully saturated rings. The second-order valence-corrected chi connectivity index (χ2v) is 7.92. The van der Waals surface area contributed by atoms with Crippen LogP contribution in [0.25, 0.3) is 0 Å². The van der Waals surface area contributed by atoms with E-state index >= 15 is 0 Å². The van der Waals surface area contributed by atoms with Gasteiger partial charge < -0.3 is 5.32 Å². The first-order valence-electron chi connectivity index (χ1n) is 9.55. The number of thioether (sulfide) groups is 1. The number of amidine groups is 1. The zero-order valence-electron chi connectivity index (χ0n) is 16.2. The van der Waals surface area contributed by atoms with Crippen molar-refractivity contribution in [3.8, 4) is 0 Å². The summed E-state index contributed by atoms with van der Waals surface area (Å²) in [4.78, 5) is 31.8. The molecule has 146 valence electrons. The van der Waals surface area contributed by atoms with Crippen LogP contribution in [0.2, 0.25) is 0 Å². The number of amides is 2. The predicted molar refractivity (Wildman–Crippen MR) is 116 cm³/mol. The maximum absolute atomic E-state index is 12.9. The molecule has 1 atom stereocenters. The van der Waals surface area contributed by atoms with Gasteiger partial charge in [-0.05, 0) is 37.1 Å². The van der Waals surface area contributed by atoms with E-state index in [1.165, 1.54) is 11.8 Å². The van der Waals surface area contributed by atoms with Gasteiger partial charge >= 0.3 is 0 Å². The molecular weight excluding hydrogens is 370 g/mol. The topological polar surface area (TPSA) is 61.8 Å². The molecule has 3 rings (SSSR count). The number of anilines is 1. The summed E-state index contributed by atoms with van der Waals surface area (Å²) < 4.78 is 0. The summed E-state index contributed by atoms with van der Waals surface area (Å²) in [6.45, 7) is 4.67. The quantitative estimate of drug-likeness (QED) is 0.735. The third-order valence-corrected chi connectivity index (χ3v) is 5.70. The normalized spacial score (nSPS) is 17.9. The van der Waals surface area contributed by atoms with Gasteiger partial charge in [0, 0.05) is 18.7 Å². The predicted octanol–water partition coefficient (Wildman–Crippen LogP) is 4.76. The largest absolute Gasteiger partial charge is 0.326 e. The zero-order valence-corrected chi connectivity index (χ0v) is 17.0. The van der Waals surface area contributed by atoms with Gasteiger partial charge in [0.2, 0.25) is 11.8 Å². The lowest BCUT2D eigenvalue weighted by Gasteiger charge is -2.16. The van der Waals surface area contributed by atoms with Crippen molar-refractivity contribution >= 4 is 40.1 Å². The summed E-state index contributed by atoms with van der Waals surface area (Å²) in [5.41, 5.74) is 2.59. The summed E-state index contributed by atoms with van der Waals surface area (Å²) in [7, 11) is 0. The third-order valence-electron chi connectivity index (χ3n) is 4.53. The smallest absolute Gasteiger partial charge is 0.242 e. The Morgan fingerprint density at radius 3 is 2.57 bits per heavy atom. The Labute approximate surface area is 170 Å². The maximum atomic E-state index is 12.9. The Morgan fingerprint density at radius 1 is 1.14 bits per heavy atom. The number of nitrogens with zero attached hydrogens (tertiary/aromatic N) is 2. The SMILES string of the molecule is CCCCN1C(=O)[C@H](CC(=O)Nc2ccccc2C)SC1=Nc1ccccc1. The number of aliphatic imine (C=N–C) groups is 1. The molecule has 0 spiro atoms. The fourth-order valence-corrected chi connectivity index (χ4v) is 4.13. The van der Waals surface area contributed by atoms with E-state index in [0.717, 1.165) is 29.8 Å². The van der Waals surface area contributed by atoms with Crippen molar-refractivity contribution < 1.29 is 9.59 Å². The summed E-state index contributed by atoms with van der Waals surface area (Å²) in [5.74, 6) is -0.190. The molecule has 6 heteroatoms. The van der Waals surface area contributed by atoms with Crippen LogP contribution in [0.4, 0.5) is 11.4 Å². The molecule has 2 amide bonds. The van der Waals surface area contributed by atoms with Crippen LogP contribution in [-0.2, 0) is 9.59 Å². The highest BCUT2D eigenvalue weighted by molar-refractivity contribution is 8.15. The van der Waals surface area contributed by atoms with Crippen LogP contribution in [0.15, 0.2) is 59.6 Å². The van der Waals surface area contributed by atoms with Gasteiger partial charge in [-0.2, -0.15) is 0 Å². The second-order valence-electron chi connectivity index (χ2n) is 6.75. The molecule has 1 aliphatic heterocycles. The highest BCUT2D eigenvalue weighted by Gasteiger charge is 2.38. The fraction of sp³-hybridized carbons (Fsp3) is 0.318. The Hall–Kier alpha value is -2.60. The van der Waals surface area contributed by atoms with E-state index in [-0.39, 0.29) is 18.2 Å². The average Bonchev–Trinajstić information content (AvgIpc) is 2.97. The molecule has 0 radical (unpaired) electrons. The van der Waals surface area contributed by atoms with Crippen molar-refractivity contribution in [3.05, 3.63) is 60.2 Å². The zero-order chi connectivity index (χ0) is 19.9. The van der Waals surface area contributed by atoms with Crippen LogP contribution in [0.5, 0.6) is 0 Å². The van der Waals surface area contributed by atoms with E-state index < -0.39 is 5.25 Å². The Morgan fingerprint density at radius 2 is 1.86 bits per heavy atom. The van der Waals surface area contributed by atoms with Gasteiger partial charge in [0.15, 0.2) is 5.17 Å². The van der Waals surface area contributed by atoms with Crippen molar-refractivity contribution in [1.29, 1.82) is 0 Å². The van der Waals surface area contributed by atoms with Crippen LogP contribution < -0.4 is 5.32 Å². The molecule has 0 saturated carbocycles. The molecule has 1 heterocycles. The molecule has 0 unspecified atom stereocenters. The van der Waals surface area contributed by atoms with Gasteiger partial charge in [-0.15, -0.1) is 0 Å². The Kier molecular flexibility index (Phi) is 6.87. The second kappa shape index (κ2) is 9.55. The highest BCUT2D eigenvalue weighted by Crippen LogP contribution is 2.32. The van der Waals surface area contributed by atoms with Crippen LogP contribution in [0.1, 0.15) is 31.7 Å². The molecule has 1 aliphatic rings. The minimum absolute atomic E-state index is 0.0342. The molecule has 0 bridgehead atoms. The minimum atomic E-state index is -0.441. The van der Waals surface area contributed by atoms with Crippen molar-refractivity contribution in [1.82, 2.24) is 4.90 Å². The average molecular weight is 396 g/mol. The van der Waals surface area contributed by atoms with E-state index in [1.54, 1.807) is 4.90 Å². The highest BCUT2D eigenvalue weighted by atomic mass is 32.2. The molecular formula is C22H25N3O2S. The van der Waals surface area contributed by atoms with Crippen molar-refractivity contribution in [2.45, 2.75) is 38.4 Å². The number of carbonyl (C=O) groups excluding carboxylic acids is 2. The molecule has 28 heavy (non-hydrogen) atoms. The monoisotopic (exact) mass is 395 g/mol.